The summed E-state index contributed by atoms with van der Waals surface area (Å²) in [6, 6.07) is 14.2. The number of phenolic OH excluding ortho intramolecular Hbond substituents is 1. The minimum Gasteiger partial charge on any atom is -0.508 e. The van der Waals surface area contributed by atoms with E-state index in [0.29, 0.717) is 16.7 Å². The number of aromatic hydroxyl groups is 1. The molecule has 1 amide bonds. The largest absolute Gasteiger partial charge is 0.508 e. The topological polar surface area (TPSA) is 113 Å². The molecule has 0 aromatic heterocycles. The van der Waals surface area contributed by atoms with E-state index in [1.54, 1.807) is 43.3 Å². The minimum atomic E-state index is -0.986. The van der Waals surface area contributed by atoms with Crippen molar-refractivity contribution in [2.75, 3.05) is 13.7 Å². The average molecular weight is 556 g/mol. The van der Waals surface area contributed by atoms with Crippen LogP contribution in [0.15, 0.2) is 66.2 Å². The number of hydrogen-bond donors (Lipinski definition) is 2. The van der Waals surface area contributed by atoms with Crippen LogP contribution in [0.1, 0.15) is 40.0 Å². The highest BCUT2D eigenvalue weighted by Crippen LogP contribution is 2.42. The lowest BCUT2D eigenvalue weighted by molar-refractivity contribution is -0.140. The molecule has 1 aliphatic rings. The summed E-state index contributed by atoms with van der Waals surface area (Å²) < 4.78 is 10.2. The molecule has 38 heavy (non-hydrogen) atoms. The molecule has 1 atom stereocenters. The summed E-state index contributed by atoms with van der Waals surface area (Å²) in [5.74, 6) is -2.47. The lowest BCUT2D eigenvalue weighted by atomic mass is 9.95. The van der Waals surface area contributed by atoms with E-state index in [1.165, 1.54) is 36.3 Å². The first-order chi connectivity index (χ1) is 18.2. The minimum absolute atomic E-state index is 0.000126. The number of ketones is 1. The second kappa shape index (κ2) is 11.2. The molecule has 1 unspecified atom stereocenters. The summed E-state index contributed by atoms with van der Waals surface area (Å²) in [5, 5.41) is 21.3. The standard InChI is InChI=1S/C28H23Cl2NO7/c1-3-38-28(36)17-6-4-15(5-7-17)14-31-23(16-8-10-19(32)11-9-16)22(25(34)27(31)35)24(33)18-12-20(29)26(37-2)21(30)13-18/h4-13,23,32-33H,3,14H2,1-2H3/b24-22+. The van der Waals surface area contributed by atoms with Gasteiger partial charge in [-0.2, -0.15) is 0 Å². The number of Topliss-reactive ketones (excluding diaryl/α,β-unsaturated/α-hetero) is 1. The van der Waals surface area contributed by atoms with Gasteiger partial charge in [0.05, 0.1) is 40.9 Å². The Bertz CT molecular complexity index is 1410. The van der Waals surface area contributed by atoms with Gasteiger partial charge in [0.2, 0.25) is 0 Å². The highest BCUT2D eigenvalue weighted by molar-refractivity contribution is 6.46. The number of rotatable bonds is 7. The van der Waals surface area contributed by atoms with Crippen molar-refractivity contribution in [2.45, 2.75) is 19.5 Å². The number of phenols is 1. The first kappa shape index (κ1) is 27.0. The fourth-order valence-corrected chi connectivity index (χ4v) is 4.89. The van der Waals surface area contributed by atoms with Gasteiger partial charge in [0, 0.05) is 12.1 Å². The number of carbonyl (C=O) groups is 3. The van der Waals surface area contributed by atoms with Crippen molar-refractivity contribution in [3.05, 3.63) is 98.5 Å². The number of nitrogens with zero attached hydrogens (tertiary/aromatic N) is 1. The lowest BCUT2D eigenvalue weighted by Gasteiger charge is -2.25. The normalized spacial score (nSPS) is 16.5. The molecule has 0 radical (unpaired) electrons. The van der Waals surface area contributed by atoms with Crippen LogP contribution in [-0.2, 0) is 20.9 Å². The van der Waals surface area contributed by atoms with Crippen molar-refractivity contribution in [1.82, 2.24) is 4.90 Å². The van der Waals surface area contributed by atoms with E-state index in [1.807, 2.05) is 0 Å². The summed E-state index contributed by atoms with van der Waals surface area (Å²) >= 11 is 12.5. The summed E-state index contributed by atoms with van der Waals surface area (Å²) in [7, 11) is 1.39. The average Bonchev–Trinajstić information content (AvgIpc) is 3.14. The fourth-order valence-electron chi connectivity index (χ4n) is 4.25. The Morgan fingerprint density at radius 3 is 2.13 bits per heavy atom. The molecule has 10 heteroatoms. The number of esters is 1. The third-order valence-corrected chi connectivity index (χ3v) is 6.60. The SMILES string of the molecule is CCOC(=O)c1ccc(CN2C(=O)C(=O)/C(=C(/O)c3cc(Cl)c(OC)c(Cl)c3)C2c2ccc(O)cc2)cc1. The molecule has 0 bridgehead atoms. The smallest absolute Gasteiger partial charge is 0.338 e. The highest BCUT2D eigenvalue weighted by Gasteiger charge is 2.46. The maximum atomic E-state index is 13.3. The molecule has 0 spiro atoms. The second-order valence-electron chi connectivity index (χ2n) is 8.41. The van der Waals surface area contributed by atoms with Crippen LogP contribution in [0.2, 0.25) is 10.0 Å². The monoisotopic (exact) mass is 555 g/mol. The number of halogens is 2. The third-order valence-electron chi connectivity index (χ3n) is 6.04. The van der Waals surface area contributed by atoms with Gasteiger partial charge in [0.15, 0.2) is 5.75 Å². The Hall–Kier alpha value is -4.01. The number of aliphatic hydroxyl groups excluding tert-OH is 1. The van der Waals surface area contributed by atoms with Crippen molar-refractivity contribution in [3.63, 3.8) is 0 Å². The molecule has 3 aromatic carbocycles. The number of benzene rings is 3. The zero-order chi connectivity index (χ0) is 27.6. The van der Waals surface area contributed by atoms with Crippen molar-refractivity contribution in [1.29, 1.82) is 0 Å². The number of amides is 1. The van der Waals surface area contributed by atoms with Gasteiger partial charge in [-0.25, -0.2) is 4.79 Å². The Kier molecular flexibility index (Phi) is 7.94. The van der Waals surface area contributed by atoms with Gasteiger partial charge < -0.3 is 24.6 Å². The van der Waals surface area contributed by atoms with Gasteiger partial charge in [0.25, 0.3) is 11.7 Å². The van der Waals surface area contributed by atoms with Crippen LogP contribution in [0, 0.1) is 0 Å². The Morgan fingerprint density at radius 2 is 1.58 bits per heavy atom. The number of likely N-dealkylation sites (tertiary alicyclic amines) is 1. The van der Waals surface area contributed by atoms with Crippen LogP contribution in [0.4, 0.5) is 0 Å². The first-order valence-corrected chi connectivity index (χ1v) is 12.3. The Labute approximate surface area is 228 Å². The van der Waals surface area contributed by atoms with Gasteiger partial charge in [-0.1, -0.05) is 47.5 Å². The second-order valence-corrected chi connectivity index (χ2v) is 9.22. The fraction of sp³-hybridized carbons (Fsp3) is 0.179. The predicted molar refractivity (Wildman–Crippen MR) is 141 cm³/mol. The van der Waals surface area contributed by atoms with Crippen LogP contribution in [0.25, 0.3) is 5.76 Å². The molecule has 1 fully saturated rings. The van der Waals surface area contributed by atoms with E-state index in [9.17, 15) is 24.6 Å². The Morgan fingerprint density at radius 1 is 0.974 bits per heavy atom. The molecule has 0 saturated carbocycles. The summed E-state index contributed by atoms with van der Waals surface area (Å²) in [4.78, 5) is 39.8. The number of ether oxygens (including phenoxy) is 2. The maximum Gasteiger partial charge on any atom is 0.338 e. The molecular formula is C28H23Cl2NO7. The zero-order valence-electron chi connectivity index (χ0n) is 20.4. The lowest BCUT2D eigenvalue weighted by Crippen LogP contribution is -2.29. The molecular weight excluding hydrogens is 533 g/mol. The van der Waals surface area contributed by atoms with Crippen molar-refractivity contribution in [2.24, 2.45) is 0 Å². The highest BCUT2D eigenvalue weighted by atomic mass is 35.5. The third kappa shape index (κ3) is 5.18. The Balaban J connectivity index is 1.79. The van der Waals surface area contributed by atoms with Crippen molar-refractivity contribution < 1.29 is 34.1 Å². The molecule has 2 N–H and O–H groups in total. The number of methoxy groups -OCH3 is 1. The van der Waals surface area contributed by atoms with Crippen molar-refractivity contribution >= 4 is 46.6 Å². The number of carbonyl (C=O) groups excluding carboxylic acids is 3. The first-order valence-electron chi connectivity index (χ1n) is 11.5. The zero-order valence-corrected chi connectivity index (χ0v) is 21.9. The molecule has 1 saturated heterocycles. The quantitative estimate of drug-likeness (QED) is 0.171. The number of hydrogen-bond acceptors (Lipinski definition) is 7. The van der Waals surface area contributed by atoms with Crippen LogP contribution >= 0.6 is 23.2 Å². The van der Waals surface area contributed by atoms with Crippen LogP contribution in [-0.4, -0.2) is 46.5 Å². The molecule has 3 aromatic rings. The van der Waals surface area contributed by atoms with Gasteiger partial charge in [-0.15, -0.1) is 0 Å². The van der Waals surface area contributed by atoms with Gasteiger partial charge in [-0.05, 0) is 54.4 Å². The summed E-state index contributed by atoms with van der Waals surface area (Å²) in [5.41, 5.74) is 1.43. The summed E-state index contributed by atoms with van der Waals surface area (Å²) in [6.07, 6.45) is 0. The van der Waals surface area contributed by atoms with E-state index >= 15 is 0 Å². The number of aliphatic hydroxyl groups is 1. The van der Waals surface area contributed by atoms with Gasteiger partial charge in [0.1, 0.15) is 11.5 Å². The van der Waals surface area contributed by atoms with Gasteiger partial charge in [-0.3, -0.25) is 9.59 Å². The molecule has 1 heterocycles. The predicted octanol–water partition coefficient (Wildman–Crippen LogP) is 5.51. The molecule has 0 aliphatic carbocycles. The van der Waals surface area contributed by atoms with Gasteiger partial charge >= 0.3 is 5.97 Å². The van der Waals surface area contributed by atoms with Crippen LogP contribution in [0.3, 0.4) is 0 Å². The molecule has 196 valence electrons. The van der Waals surface area contributed by atoms with E-state index < -0.39 is 29.5 Å². The van der Waals surface area contributed by atoms with Crippen molar-refractivity contribution in [3.8, 4) is 11.5 Å². The van der Waals surface area contributed by atoms with E-state index in [2.05, 4.69) is 0 Å². The van der Waals surface area contributed by atoms with E-state index in [4.69, 9.17) is 32.7 Å². The maximum absolute atomic E-state index is 13.3. The molecule has 8 nitrogen and oxygen atoms in total. The van der Waals surface area contributed by atoms with Crippen LogP contribution in [0.5, 0.6) is 11.5 Å². The summed E-state index contributed by atoms with van der Waals surface area (Å²) in [6.45, 7) is 1.95. The van der Waals surface area contributed by atoms with Crippen LogP contribution < -0.4 is 4.74 Å². The molecule has 1 aliphatic heterocycles. The van der Waals surface area contributed by atoms with E-state index in [-0.39, 0.29) is 45.8 Å². The molecule has 4 rings (SSSR count). The van der Waals surface area contributed by atoms with E-state index in [0.717, 1.165) is 0 Å².